The van der Waals surface area contributed by atoms with Crippen LogP contribution < -0.4 is 5.32 Å². The molecule has 0 aliphatic heterocycles. The van der Waals surface area contributed by atoms with E-state index in [2.05, 4.69) is 21.2 Å². The van der Waals surface area contributed by atoms with Gasteiger partial charge in [0.15, 0.2) is 0 Å². The molecule has 6 nitrogen and oxygen atoms in total. The quantitative estimate of drug-likeness (QED) is 0.638. The highest BCUT2D eigenvalue weighted by Gasteiger charge is 2.19. The van der Waals surface area contributed by atoms with Crippen LogP contribution in [0.15, 0.2) is 22.7 Å². The molecule has 0 bridgehead atoms. The Bertz CT molecular complexity index is 491. The fraction of sp³-hybridized carbons (Fsp3) is 0.417. The summed E-state index contributed by atoms with van der Waals surface area (Å²) in [6.07, 6.45) is 0. The number of nitrogens with zero attached hydrogens (tertiary/aromatic N) is 1. The monoisotopic (exact) mass is 330 g/mol. The number of aliphatic hydroxyl groups excluding tert-OH is 1. The number of nitro groups is 1. The van der Waals surface area contributed by atoms with Gasteiger partial charge in [-0.1, -0.05) is 13.8 Å². The molecule has 19 heavy (non-hydrogen) atoms. The van der Waals surface area contributed by atoms with E-state index in [1.807, 2.05) is 13.8 Å². The normalized spacial score (nSPS) is 12.3. The first-order chi connectivity index (χ1) is 8.86. The number of nitrogens with one attached hydrogen (secondary N) is 1. The molecule has 0 heterocycles. The molecule has 1 amide bonds. The van der Waals surface area contributed by atoms with Crippen LogP contribution >= 0.6 is 15.9 Å². The number of amides is 1. The van der Waals surface area contributed by atoms with Crippen molar-refractivity contribution in [2.45, 2.75) is 19.9 Å². The van der Waals surface area contributed by atoms with Crippen molar-refractivity contribution in [3.63, 3.8) is 0 Å². The zero-order valence-electron chi connectivity index (χ0n) is 10.6. The summed E-state index contributed by atoms with van der Waals surface area (Å²) in [5.41, 5.74) is 0.0201. The predicted molar refractivity (Wildman–Crippen MR) is 74.0 cm³/mol. The van der Waals surface area contributed by atoms with E-state index in [4.69, 9.17) is 5.11 Å². The third-order valence-corrected chi connectivity index (χ3v) is 3.39. The van der Waals surface area contributed by atoms with Crippen molar-refractivity contribution in [2.75, 3.05) is 6.61 Å². The molecule has 1 atom stereocenters. The first kappa shape index (κ1) is 15.6. The molecule has 0 aromatic heterocycles. The molecule has 0 radical (unpaired) electrons. The summed E-state index contributed by atoms with van der Waals surface area (Å²) >= 11 is 3.05. The highest BCUT2D eigenvalue weighted by molar-refractivity contribution is 9.10. The molecule has 1 unspecified atom stereocenters. The topological polar surface area (TPSA) is 92.5 Å². The minimum Gasteiger partial charge on any atom is -0.394 e. The van der Waals surface area contributed by atoms with Crippen LogP contribution in [0.25, 0.3) is 0 Å². The molecule has 0 aliphatic rings. The van der Waals surface area contributed by atoms with Crippen molar-refractivity contribution < 1.29 is 14.8 Å². The van der Waals surface area contributed by atoms with Gasteiger partial charge in [0.1, 0.15) is 0 Å². The Balaban J connectivity index is 2.94. The van der Waals surface area contributed by atoms with Crippen molar-refractivity contribution >= 4 is 27.5 Å². The zero-order chi connectivity index (χ0) is 14.6. The zero-order valence-corrected chi connectivity index (χ0v) is 12.2. The van der Waals surface area contributed by atoms with Crippen molar-refractivity contribution in [3.05, 3.63) is 38.3 Å². The van der Waals surface area contributed by atoms with Crippen LogP contribution in [0, 0.1) is 16.0 Å². The van der Waals surface area contributed by atoms with E-state index in [0.717, 1.165) is 0 Å². The molecular weight excluding hydrogens is 316 g/mol. The van der Waals surface area contributed by atoms with Crippen LogP contribution in [0.3, 0.4) is 0 Å². The third-order valence-electron chi connectivity index (χ3n) is 2.72. The van der Waals surface area contributed by atoms with Gasteiger partial charge in [-0.2, -0.15) is 0 Å². The van der Waals surface area contributed by atoms with Crippen LogP contribution in [0.2, 0.25) is 0 Å². The first-order valence-electron chi connectivity index (χ1n) is 5.72. The summed E-state index contributed by atoms with van der Waals surface area (Å²) in [7, 11) is 0. The van der Waals surface area contributed by atoms with Crippen LogP contribution in [-0.4, -0.2) is 28.6 Å². The molecule has 1 aromatic carbocycles. The maximum Gasteiger partial charge on any atom is 0.284 e. The van der Waals surface area contributed by atoms with Gasteiger partial charge in [0.25, 0.3) is 11.6 Å². The first-order valence-corrected chi connectivity index (χ1v) is 6.51. The second-order valence-corrected chi connectivity index (χ2v) is 5.28. The van der Waals surface area contributed by atoms with Gasteiger partial charge in [-0.05, 0) is 34.0 Å². The molecule has 2 N–H and O–H groups in total. The molecule has 1 rings (SSSR count). The van der Waals surface area contributed by atoms with Gasteiger partial charge < -0.3 is 10.4 Å². The van der Waals surface area contributed by atoms with E-state index < -0.39 is 10.8 Å². The summed E-state index contributed by atoms with van der Waals surface area (Å²) in [4.78, 5) is 22.2. The number of rotatable bonds is 5. The van der Waals surface area contributed by atoms with Crippen LogP contribution in [0.5, 0.6) is 0 Å². The van der Waals surface area contributed by atoms with E-state index >= 15 is 0 Å². The number of carbonyl (C=O) groups is 1. The number of benzene rings is 1. The Morgan fingerprint density at radius 3 is 2.63 bits per heavy atom. The van der Waals surface area contributed by atoms with Gasteiger partial charge in [-0.25, -0.2) is 0 Å². The molecule has 0 spiro atoms. The van der Waals surface area contributed by atoms with Crippen molar-refractivity contribution in [1.82, 2.24) is 5.32 Å². The smallest absolute Gasteiger partial charge is 0.284 e. The van der Waals surface area contributed by atoms with Gasteiger partial charge in [-0.15, -0.1) is 0 Å². The second kappa shape index (κ2) is 6.63. The van der Waals surface area contributed by atoms with Crippen molar-refractivity contribution in [1.29, 1.82) is 0 Å². The second-order valence-electron chi connectivity index (χ2n) is 4.43. The van der Waals surface area contributed by atoms with Crippen molar-refractivity contribution in [2.24, 2.45) is 5.92 Å². The predicted octanol–water partition coefficient (Wildman–Crippen LogP) is 2.10. The minimum absolute atomic E-state index is 0.0689. The number of nitro benzene ring substituents is 1. The summed E-state index contributed by atoms with van der Waals surface area (Å²) in [6, 6.07) is 3.77. The molecule has 0 aliphatic carbocycles. The highest BCUT2D eigenvalue weighted by Crippen LogP contribution is 2.25. The average molecular weight is 331 g/mol. The maximum absolute atomic E-state index is 11.9. The fourth-order valence-electron chi connectivity index (χ4n) is 1.47. The SMILES string of the molecule is CC(C)C(CO)NC(=O)c1ccc(Br)c([N+](=O)[O-])c1. The Labute approximate surface area is 119 Å². The van der Waals surface area contributed by atoms with Crippen LogP contribution in [0.1, 0.15) is 24.2 Å². The lowest BCUT2D eigenvalue weighted by molar-refractivity contribution is -0.385. The fourth-order valence-corrected chi connectivity index (χ4v) is 1.86. The molecule has 0 saturated heterocycles. The highest BCUT2D eigenvalue weighted by atomic mass is 79.9. The maximum atomic E-state index is 11.9. The number of aliphatic hydroxyl groups is 1. The van der Waals surface area contributed by atoms with Crippen LogP contribution in [0.4, 0.5) is 5.69 Å². The molecule has 1 aromatic rings. The average Bonchev–Trinajstić information content (AvgIpc) is 2.35. The van der Waals surface area contributed by atoms with Gasteiger partial charge in [0.2, 0.25) is 0 Å². The van der Waals surface area contributed by atoms with E-state index in [1.54, 1.807) is 0 Å². The van der Waals surface area contributed by atoms with Gasteiger partial charge in [-0.3, -0.25) is 14.9 Å². The van der Waals surface area contributed by atoms with Gasteiger partial charge in [0.05, 0.1) is 22.0 Å². The lowest BCUT2D eigenvalue weighted by atomic mass is 10.0. The number of halogens is 1. The Morgan fingerprint density at radius 2 is 2.16 bits per heavy atom. The largest absolute Gasteiger partial charge is 0.394 e. The molecule has 0 fully saturated rings. The summed E-state index contributed by atoms with van der Waals surface area (Å²) in [5, 5.41) is 22.6. The van der Waals surface area contributed by atoms with Crippen molar-refractivity contribution in [3.8, 4) is 0 Å². The Kier molecular flexibility index (Phi) is 5.44. The van der Waals surface area contributed by atoms with Crippen LogP contribution in [-0.2, 0) is 0 Å². The Hall–Kier alpha value is -1.47. The minimum atomic E-state index is -0.563. The van der Waals surface area contributed by atoms with E-state index in [1.165, 1.54) is 18.2 Å². The molecular formula is C12H15BrN2O4. The van der Waals surface area contributed by atoms with E-state index in [-0.39, 0.29) is 29.8 Å². The number of carbonyl (C=O) groups excluding carboxylic acids is 1. The third kappa shape index (κ3) is 4.00. The van der Waals surface area contributed by atoms with E-state index in [9.17, 15) is 14.9 Å². The lowest BCUT2D eigenvalue weighted by Crippen LogP contribution is -2.41. The summed E-state index contributed by atoms with van der Waals surface area (Å²) in [5.74, 6) is -0.372. The lowest BCUT2D eigenvalue weighted by Gasteiger charge is -2.19. The van der Waals surface area contributed by atoms with Gasteiger partial charge >= 0.3 is 0 Å². The van der Waals surface area contributed by atoms with E-state index in [0.29, 0.717) is 4.47 Å². The molecule has 0 saturated carbocycles. The summed E-state index contributed by atoms with van der Waals surface area (Å²) in [6.45, 7) is 3.55. The Morgan fingerprint density at radius 1 is 1.53 bits per heavy atom. The number of hydrogen-bond donors (Lipinski definition) is 2. The standard InChI is InChI=1S/C12H15BrN2O4/c1-7(2)10(6-16)14-12(17)8-3-4-9(13)11(5-8)15(18)19/h3-5,7,10,16H,6H2,1-2H3,(H,14,17). The van der Waals surface area contributed by atoms with Gasteiger partial charge in [0, 0.05) is 11.6 Å². The molecule has 7 heteroatoms. The molecule has 104 valence electrons. The summed E-state index contributed by atoms with van der Waals surface area (Å²) < 4.78 is 0.316. The number of hydrogen-bond acceptors (Lipinski definition) is 4.